The van der Waals surface area contributed by atoms with Crippen LogP contribution >= 0.6 is 35.3 Å². The summed E-state index contributed by atoms with van der Waals surface area (Å²) in [6, 6.07) is 13.5. The molecule has 142 valence electrons. The second-order valence-corrected chi connectivity index (χ2v) is 7.52. The van der Waals surface area contributed by atoms with E-state index in [0.29, 0.717) is 6.04 Å². The van der Waals surface area contributed by atoms with E-state index in [1.54, 1.807) is 0 Å². The Morgan fingerprint density at radius 2 is 2.04 bits per heavy atom. The molecule has 1 fully saturated rings. The van der Waals surface area contributed by atoms with Gasteiger partial charge in [-0.15, -0.1) is 35.3 Å². The van der Waals surface area contributed by atoms with Gasteiger partial charge in [-0.25, -0.2) is 0 Å². The van der Waals surface area contributed by atoms with E-state index >= 15 is 0 Å². The highest BCUT2D eigenvalue weighted by Crippen LogP contribution is 2.24. The van der Waals surface area contributed by atoms with E-state index in [2.05, 4.69) is 69.2 Å². The van der Waals surface area contributed by atoms with Gasteiger partial charge in [0.05, 0.1) is 5.00 Å². The zero-order chi connectivity index (χ0) is 17.5. The Bertz CT molecular complexity index is 679. The van der Waals surface area contributed by atoms with Crippen molar-refractivity contribution in [2.24, 2.45) is 4.99 Å². The first kappa shape index (κ1) is 21.0. The first-order chi connectivity index (χ1) is 12.2. The lowest BCUT2D eigenvalue weighted by Gasteiger charge is -2.33. The summed E-state index contributed by atoms with van der Waals surface area (Å²) in [6.07, 6.45) is 3.31. The fraction of sp³-hybridized carbons (Fsp3) is 0.450. The lowest BCUT2D eigenvalue weighted by atomic mass is 10.1. The third-order valence-corrected chi connectivity index (χ3v) is 5.59. The molecule has 0 aliphatic carbocycles. The summed E-state index contributed by atoms with van der Waals surface area (Å²) in [4.78, 5) is 6.87. The molecular formula is C20H29IN4S. The Morgan fingerprint density at radius 3 is 2.69 bits per heavy atom. The monoisotopic (exact) mass is 484 g/mol. The van der Waals surface area contributed by atoms with Crippen molar-refractivity contribution >= 4 is 46.3 Å². The minimum absolute atomic E-state index is 0. The lowest BCUT2D eigenvalue weighted by Crippen LogP contribution is -2.49. The normalized spacial score (nSPS) is 15.5. The number of rotatable bonds is 5. The van der Waals surface area contributed by atoms with Gasteiger partial charge in [-0.3, -0.25) is 4.99 Å². The molecule has 0 spiro atoms. The molecule has 4 nitrogen and oxygen atoms in total. The van der Waals surface area contributed by atoms with E-state index in [0.717, 1.165) is 44.9 Å². The summed E-state index contributed by atoms with van der Waals surface area (Å²) in [5, 5.41) is 10.6. The smallest absolute Gasteiger partial charge is 0.191 e. The van der Waals surface area contributed by atoms with E-state index in [9.17, 15) is 0 Å². The highest BCUT2D eigenvalue weighted by atomic mass is 127. The fourth-order valence-electron chi connectivity index (χ4n) is 3.27. The van der Waals surface area contributed by atoms with Crippen LogP contribution in [0.5, 0.6) is 0 Å². The molecule has 0 bridgehead atoms. The van der Waals surface area contributed by atoms with Crippen molar-refractivity contribution in [1.29, 1.82) is 0 Å². The molecule has 0 amide bonds. The van der Waals surface area contributed by atoms with Crippen LogP contribution < -0.4 is 15.5 Å². The molecule has 0 atom stereocenters. The summed E-state index contributed by atoms with van der Waals surface area (Å²) < 4.78 is 0. The Hall–Kier alpha value is -1.28. The zero-order valence-electron chi connectivity index (χ0n) is 15.6. The summed E-state index contributed by atoms with van der Waals surface area (Å²) in [5.41, 5.74) is 2.68. The number of halogens is 1. The second-order valence-electron chi connectivity index (χ2n) is 6.59. The minimum Gasteiger partial charge on any atom is -0.363 e. The standard InChI is InChI=1S/C20H28N4S.HI/c1-16-5-3-6-17(15-16)8-11-22-20(21-2)23-18-9-12-24(13-10-18)19-7-4-14-25-19;/h3-7,14-15,18H,8-13H2,1-2H3,(H2,21,22,23);1H. The lowest BCUT2D eigenvalue weighted by molar-refractivity contribution is 0.463. The molecule has 2 aromatic rings. The summed E-state index contributed by atoms with van der Waals surface area (Å²) in [7, 11) is 1.85. The quantitative estimate of drug-likeness (QED) is 0.382. The zero-order valence-corrected chi connectivity index (χ0v) is 18.7. The molecular weight excluding hydrogens is 455 g/mol. The fourth-order valence-corrected chi connectivity index (χ4v) is 4.06. The van der Waals surface area contributed by atoms with Gasteiger partial charge in [0, 0.05) is 32.7 Å². The Balaban J connectivity index is 0.00000243. The summed E-state index contributed by atoms with van der Waals surface area (Å²) in [5.74, 6) is 0.919. The molecule has 1 aromatic carbocycles. The Morgan fingerprint density at radius 1 is 1.23 bits per heavy atom. The molecule has 1 aliphatic heterocycles. The van der Waals surface area contributed by atoms with Crippen LogP contribution in [0.15, 0.2) is 46.8 Å². The van der Waals surface area contributed by atoms with Crippen molar-refractivity contribution in [3.63, 3.8) is 0 Å². The van der Waals surface area contributed by atoms with Crippen LogP contribution in [-0.4, -0.2) is 38.7 Å². The van der Waals surface area contributed by atoms with E-state index in [1.807, 2.05) is 18.4 Å². The van der Waals surface area contributed by atoms with E-state index in [4.69, 9.17) is 0 Å². The number of guanidine groups is 1. The van der Waals surface area contributed by atoms with Crippen LogP contribution in [0.2, 0.25) is 0 Å². The van der Waals surface area contributed by atoms with Crippen molar-refractivity contribution in [3.8, 4) is 0 Å². The van der Waals surface area contributed by atoms with E-state index in [-0.39, 0.29) is 24.0 Å². The van der Waals surface area contributed by atoms with Gasteiger partial charge in [0.1, 0.15) is 0 Å². The van der Waals surface area contributed by atoms with Gasteiger partial charge >= 0.3 is 0 Å². The molecule has 26 heavy (non-hydrogen) atoms. The van der Waals surface area contributed by atoms with Gasteiger partial charge in [0.25, 0.3) is 0 Å². The number of hydrogen-bond acceptors (Lipinski definition) is 3. The van der Waals surface area contributed by atoms with Crippen LogP contribution in [0.4, 0.5) is 5.00 Å². The van der Waals surface area contributed by atoms with Crippen LogP contribution in [0, 0.1) is 6.92 Å². The van der Waals surface area contributed by atoms with Crippen molar-refractivity contribution in [1.82, 2.24) is 10.6 Å². The Labute approximate surface area is 178 Å². The van der Waals surface area contributed by atoms with E-state index in [1.165, 1.54) is 16.1 Å². The first-order valence-corrected chi connectivity index (χ1v) is 9.94. The van der Waals surface area contributed by atoms with Crippen molar-refractivity contribution in [2.75, 3.05) is 31.6 Å². The van der Waals surface area contributed by atoms with Crippen molar-refractivity contribution in [2.45, 2.75) is 32.2 Å². The number of aliphatic imine (C=N–C) groups is 1. The molecule has 1 saturated heterocycles. The summed E-state index contributed by atoms with van der Waals surface area (Å²) in [6.45, 7) is 5.26. The number of piperidine rings is 1. The van der Waals surface area contributed by atoms with Crippen LogP contribution in [0.25, 0.3) is 0 Å². The molecule has 0 saturated carbocycles. The number of thiophene rings is 1. The maximum atomic E-state index is 4.38. The van der Waals surface area contributed by atoms with Crippen molar-refractivity contribution in [3.05, 3.63) is 52.9 Å². The molecule has 1 aromatic heterocycles. The first-order valence-electron chi connectivity index (χ1n) is 9.06. The highest BCUT2D eigenvalue weighted by molar-refractivity contribution is 14.0. The van der Waals surface area contributed by atoms with Gasteiger partial charge in [0.2, 0.25) is 0 Å². The van der Waals surface area contributed by atoms with Gasteiger partial charge in [0.15, 0.2) is 5.96 Å². The van der Waals surface area contributed by atoms with Gasteiger partial charge in [-0.05, 0) is 49.3 Å². The minimum atomic E-state index is 0. The largest absolute Gasteiger partial charge is 0.363 e. The SMILES string of the molecule is CN=C(NCCc1cccc(C)c1)NC1CCN(c2cccs2)CC1.I. The number of benzene rings is 1. The highest BCUT2D eigenvalue weighted by Gasteiger charge is 2.20. The average molecular weight is 484 g/mol. The molecule has 6 heteroatoms. The van der Waals surface area contributed by atoms with Crippen LogP contribution in [0.3, 0.4) is 0 Å². The maximum Gasteiger partial charge on any atom is 0.191 e. The molecule has 3 rings (SSSR count). The molecule has 0 radical (unpaired) electrons. The van der Waals surface area contributed by atoms with Gasteiger partial charge < -0.3 is 15.5 Å². The van der Waals surface area contributed by atoms with Crippen LogP contribution in [0.1, 0.15) is 24.0 Å². The predicted octanol–water partition coefficient (Wildman–Crippen LogP) is 4.05. The summed E-state index contributed by atoms with van der Waals surface area (Å²) >= 11 is 1.83. The molecule has 2 heterocycles. The number of hydrogen-bond donors (Lipinski definition) is 2. The molecule has 1 aliphatic rings. The Kier molecular flexibility index (Phi) is 8.71. The second kappa shape index (κ2) is 10.8. The van der Waals surface area contributed by atoms with Gasteiger partial charge in [-0.1, -0.05) is 29.8 Å². The topological polar surface area (TPSA) is 39.7 Å². The third kappa shape index (κ3) is 6.16. The van der Waals surface area contributed by atoms with Gasteiger partial charge in [-0.2, -0.15) is 0 Å². The van der Waals surface area contributed by atoms with Crippen LogP contribution in [-0.2, 0) is 6.42 Å². The third-order valence-electron chi connectivity index (χ3n) is 4.67. The number of aryl methyl sites for hydroxylation is 1. The average Bonchev–Trinajstić information content (AvgIpc) is 3.16. The number of nitrogens with one attached hydrogen (secondary N) is 2. The molecule has 0 unspecified atom stereocenters. The number of nitrogens with zero attached hydrogens (tertiary/aromatic N) is 2. The van der Waals surface area contributed by atoms with E-state index < -0.39 is 0 Å². The maximum absolute atomic E-state index is 4.38. The van der Waals surface area contributed by atoms with Crippen molar-refractivity contribution < 1.29 is 0 Å². The predicted molar refractivity (Wildman–Crippen MR) is 124 cm³/mol. The molecule has 2 N–H and O–H groups in total. The number of anilines is 1.